The first-order valence-electron chi connectivity index (χ1n) is 6.82. The third kappa shape index (κ3) is 2.99. The van der Waals surface area contributed by atoms with E-state index in [0.717, 1.165) is 0 Å². The van der Waals surface area contributed by atoms with Crippen molar-refractivity contribution in [1.82, 2.24) is 4.98 Å². The summed E-state index contributed by atoms with van der Waals surface area (Å²) in [4.78, 5) is 4.24. The van der Waals surface area contributed by atoms with Crippen molar-refractivity contribution < 1.29 is 13.2 Å². The number of ether oxygens (including phenoxy) is 1. The van der Waals surface area contributed by atoms with Crippen molar-refractivity contribution in [1.29, 1.82) is 0 Å². The standard InChI is InChI=1S/C14H15BrN4O3S/c15-9-2-1-3-12(4-9)23(20,21)19-8-11(6-16)22-14-13(19)5-10(17)7-18-14/h1-5,7,11H,6,8,16-17H2/t11-/m0/s1. The Hall–Kier alpha value is -1.84. The number of nitrogen functional groups attached to an aromatic ring is 1. The topological polar surface area (TPSA) is 112 Å². The highest BCUT2D eigenvalue weighted by molar-refractivity contribution is 9.10. The molecule has 0 fully saturated rings. The van der Waals surface area contributed by atoms with Crippen molar-refractivity contribution in [2.45, 2.75) is 11.0 Å². The molecule has 23 heavy (non-hydrogen) atoms. The smallest absolute Gasteiger partial charge is 0.264 e. The lowest BCUT2D eigenvalue weighted by molar-refractivity contribution is 0.199. The predicted molar refractivity (Wildman–Crippen MR) is 90.8 cm³/mol. The molecule has 0 amide bonds. The minimum Gasteiger partial charge on any atom is -0.470 e. The number of pyridine rings is 1. The van der Waals surface area contributed by atoms with Crippen molar-refractivity contribution in [3.05, 3.63) is 41.0 Å². The van der Waals surface area contributed by atoms with Crippen molar-refractivity contribution in [3.63, 3.8) is 0 Å². The normalized spacial score (nSPS) is 17.5. The summed E-state index contributed by atoms with van der Waals surface area (Å²) in [6.45, 7) is 0.277. The molecule has 2 heterocycles. The van der Waals surface area contributed by atoms with E-state index in [2.05, 4.69) is 20.9 Å². The minimum atomic E-state index is -3.79. The Labute approximate surface area is 142 Å². The van der Waals surface area contributed by atoms with Crippen LogP contribution in [-0.4, -0.2) is 32.6 Å². The van der Waals surface area contributed by atoms with E-state index in [1.54, 1.807) is 18.2 Å². The highest BCUT2D eigenvalue weighted by Crippen LogP contribution is 2.36. The van der Waals surface area contributed by atoms with Crippen LogP contribution in [0.15, 0.2) is 45.9 Å². The monoisotopic (exact) mass is 398 g/mol. The number of nitrogens with two attached hydrogens (primary N) is 2. The number of hydrogen-bond acceptors (Lipinski definition) is 6. The zero-order valence-electron chi connectivity index (χ0n) is 12.0. The van der Waals surface area contributed by atoms with Crippen molar-refractivity contribution in [2.24, 2.45) is 5.73 Å². The molecule has 7 nitrogen and oxygen atoms in total. The molecule has 1 aromatic carbocycles. The van der Waals surface area contributed by atoms with Crippen LogP contribution in [0.25, 0.3) is 0 Å². The summed E-state index contributed by atoms with van der Waals surface area (Å²) in [5.41, 5.74) is 12.1. The molecule has 0 saturated carbocycles. The summed E-state index contributed by atoms with van der Waals surface area (Å²) in [7, 11) is -3.79. The fourth-order valence-corrected chi connectivity index (χ4v) is 4.39. The van der Waals surface area contributed by atoms with Gasteiger partial charge < -0.3 is 16.2 Å². The molecule has 4 N–H and O–H groups in total. The van der Waals surface area contributed by atoms with E-state index in [4.69, 9.17) is 16.2 Å². The number of hydrogen-bond donors (Lipinski definition) is 2. The summed E-state index contributed by atoms with van der Waals surface area (Å²) >= 11 is 3.29. The fourth-order valence-electron chi connectivity index (χ4n) is 2.31. The molecule has 2 aromatic rings. The minimum absolute atomic E-state index is 0.101. The van der Waals surface area contributed by atoms with Crippen LogP contribution in [0.5, 0.6) is 5.88 Å². The summed E-state index contributed by atoms with van der Waals surface area (Å²) in [5, 5.41) is 0. The van der Waals surface area contributed by atoms with E-state index >= 15 is 0 Å². The first-order chi connectivity index (χ1) is 10.9. The Bertz CT molecular complexity index is 844. The number of sulfonamides is 1. The zero-order valence-corrected chi connectivity index (χ0v) is 14.4. The van der Waals surface area contributed by atoms with E-state index in [1.807, 2.05) is 0 Å². The molecular weight excluding hydrogens is 384 g/mol. The Morgan fingerprint density at radius 1 is 1.39 bits per heavy atom. The largest absolute Gasteiger partial charge is 0.470 e. The van der Waals surface area contributed by atoms with Gasteiger partial charge >= 0.3 is 0 Å². The van der Waals surface area contributed by atoms with E-state index in [0.29, 0.717) is 15.8 Å². The van der Waals surface area contributed by atoms with Crippen LogP contribution < -0.4 is 20.5 Å². The number of rotatable bonds is 3. The van der Waals surface area contributed by atoms with Crippen molar-refractivity contribution in [2.75, 3.05) is 23.1 Å². The molecule has 0 saturated heterocycles. The van der Waals surface area contributed by atoms with Crippen molar-refractivity contribution in [3.8, 4) is 5.88 Å². The molecule has 1 aromatic heterocycles. The number of halogens is 1. The average Bonchev–Trinajstić information content (AvgIpc) is 2.53. The molecular formula is C14H15BrN4O3S. The van der Waals surface area contributed by atoms with Gasteiger partial charge in [-0.2, -0.15) is 0 Å². The fraction of sp³-hybridized carbons (Fsp3) is 0.214. The van der Waals surface area contributed by atoms with Gasteiger partial charge in [-0.05, 0) is 24.3 Å². The third-order valence-corrected chi connectivity index (χ3v) is 5.69. The summed E-state index contributed by atoms with van der Waals surface area (Å²) in [6.07, 6.45) is 0.947. The van der Waals surface area contributed by atoms with Crippen molar-refractivity contribution >= 4 is 37.3 Å². The lowest BCUT2D eigenvalue weighted by Crippen LogP contribution is -2.46. The van der Waals surface area contributed by atoms with Crippen LogP contribution in [-0.2, 0) is 10.0 Å². The molecule has 1 aliphatic heterocycles. The number of nitrogens with zero attached hydrogens (tertiary/aromatic N) is 2. The van der Waals surface area contributed by atoms with Gasteiger partial charge in [0.1, 0.15) is 11.8 Å². The second-order valence-electron chi connectivity index (χ2n) is 5.06. The molecule has 1 aliphatic rings. The molecule has 0 spiro atoms. The molecule has 3 rings (SSSR count). The highest BCUT2D eigenvalue weighted by Gasteiger charge is 2.35. The molecule has 0 aliphatic carbocycles. The second-order valence-corrected chi connectivity index (χ2v) is 7.84. The molecule has 0 bridgehead atoms. The third-order valence-electron chi connectivity index (χ3n) is 3.42. The van der Waals surface area contributed by atoms with E-state index in [1.165, 1.54) is 22.6 Å². The Balaban J connectivity index is 2.13. The van der Waals surface area contributed by atoms with Gasteiger partial charge in [0.2, 0.25) is 5.88 Å². The van der Waals surface area contributed by atoms with Crippen LogP contribution in [0.4, 0.5) is 11.4 Å². The maximum Gasteiger partial charge on any atom is 0.264 e. The highest BCUT2D eigenvalue weighted by atomic mass is 79.9. The van der Waals surface area contributed by atoms with Crippen LogP contribution in [0.3, 0.4) is 0 Å². The SMILES string of the molecule is NC[C@H]1CN(S(=O)(=O)c2cccc(Br)c2)c2cc(N)cnc2O1. The molecule has 0 unspecified atom stereocenters. The van der Waals surface area contributed by atoms with Gasteiger partial charge in [-0.15, -0.1) is 0 Å². The zero-order chi connectivity index (χ0) is 16.6. The van der Waals surface area contributed by atoms with Gasteiger partial charge in [0.05, 0.1) is 23.3 Å². The number of fused-ring (bicyclic) bond motifs is 1. The Morgan fingerprint density at radius 3 is 2.87 bits per heavy atom. The summed E-state index contributed by atoms with van der Waals surface area (Å²) in [6, 6.07) is 8.03. The molecule has 9 heteroatoms. The van der Waals surface area contributed by atoms with Crippen LogP contribution in [0, 0.1) is 0 Å². The van der Waals surface area contributed by atoms with E-state index < -0.39 is 16.1 Å². The second kappa shape index (κ2) is 5.99. The van der Waals surface area contributed by atoms with Gasteiger partial charge in [-0.25, -0.2) is 13.4 Å². The summed E-state index contributed by atoms with van der Waals surface area (Å²) < 4.78 is 33.6. The molecule has 1 atom stereocenters. The predicted octanol–water partition coefficient (Wildman–Crippen LogP) is 1.34. The van der Waals surface area contributed by atoms with Gasteiger partial charge in [0.15, 0.2) is 0 Å². The Morgan fingerprint density at radius 2 is 2.17 bits per heavy atom. The van der Waals surface area contributed by atoms with Gasteiger partial charge in [0.25, 0.3) is 10.0 Å². The first-order valence-corrected chi connectivity index (χ1v) is 9.05. The van der Waals surface area contributed by atoms with Gasteiger partial charge in [0, 0.05) is 11.0 Å². The van der Waals surface area contributed by atoms with Crippen LogP contribution in [0.2, 0.25) is 0 Å². The number of anilines is 2. The quantitative estimate of drug-likeness (QED) is 0.806. The van der Waals surface area contributed by atoms with E-state index in [9.17, 15) is 8.42 Å². The van der Waals surface area contributed by atoms with Gasteiger partial charge in [-0.3, -0.25) is 4.31 Å². The number of benzene rings is 1. The molecule has 122 valence electrons. The van der Waals surface area contributed by atoms with E-state index in [-0.39, 0.29) is 23.9 Å². The van der Waals surface area contributed by atoms with Crippen LogP contribution >= 0.6 is 15.9 Å². The van der Waals surface area contributed by atoms with Gasteiger partial charge in [-0.1, -0.05) is 22.0 Å². The Kier molecular flexibility index (Phi) is 4.17. The average molecular weight is 399 g/mol. The van der Waals surface area contributed by atoms with Crippen LogP contribution in [0.1, 0.15) is 0 Å². The first kappa shape index (κ1) is 16.0. The maximum absolute atomic E-state index is 13.0. The lowest BCUT2D eigenvalue weighted by atomic mass is 10.2. The molecule has 0 radical (unpaired) electrons. The lowest BCUT2D eigenvalue weighted by Gasteiger charge is -2.34. The summed E-state index contributed by atoms with van der Waals surface area (Å²) in [5.74, 6) is 0.208. The maximum atomic E-state index is 13.0. The number of aromatic nitrogens is 1.